The van der Waals surface area contributed by atoms with Gasteiger partial charge in [0.1, 0.15) is 0 Å². The Balaban J connectivity index is 0.00000208. The highest BCUT2D eigenvalue weighted by molar-refractivity contribution is 5.89. The monoisotopic (exact) mass is 351 g/mol. The van der Waals surface area contributed by atoms with Crippen LogP contribution in [-0.2, 0) is 5.54 Å². The number of anilines is 1. The van der Waals surface area contributed by atoms with Crippen LogP contribution in [-0.4, -0.2) is 35.2 Å². The van der Waals surface area contributed by atoms with Crippen molar-refractivity contribution in [3.8, 4) is 11.5 Å². The van der Waals surface area contributed by atoms with Gasteiger partial charge in [-0.25, -0.2) is 4.79 Å². The molecule has 0 atom stereocenters. The summed E-state index contributed by atoms with van der Waals surface area (Å²) in [6, 6.07) is 7.11. The van der Waals surface area contributed by atoms with Crippen LogP contribution in [0.15, 0.2) is 28.8 Å². The molecule has 1 heterocycles. The molecule has 8 heteroatoms. The molecule has 1 aromatic heterocycles. The molecule has 1 aliphatic carbocycles. The van der Waals surface area contributed by atoms with E-state index in [1.165, 1.54) is 4.90 Å². The van der Waals surface area contributed by atoms with E-state index in [9.17, 15) is 4.79 Å². The molecule has 3 rings (SSSR count). The Kier molecular flexibility index (Phi) is 5.46. The van der Waals surface area contributed by atoms with Crippen molar-refractivity contribution in [3.05, 3.63) is 30.1 Å². The van der Waals surface area contributed by atoms with Gasteiger partial charge in [-0.1, -0.05) is 24.1 Å². The SMILES string of the molecule is CN(C)C(=O)Nc1cccc(-c2nc(C3(N)CCCC3)no2)c1.Cl. The van der Waals surface area contributed by atoms with E-state index >= 15 is 0 Å². The lowest BCUT2D eigenvalue weighted by atomic mass is 9.99. The highest BCUT2D eigenvalue weighted by atomic mass is 35.5. The summed E-state index contributed by atoms with van der Waals surface area (Å²) in [5.74, 6) is 0.977. The topological polar surface area (TPSA) is 97.3 Å². The lowest BCUT2D eigenvalue weighted by Gasteiger charge is -2.17. The van der Waals surface area contributed by atoms with Gasteiger partial charge in [-0.3, -0.25) is 0 Å². The minimum absolute atomic E-state index is 0. The van der Waals surface area contributed by atoms with Crippen LogP contribution in [0.1, 0.15) is 31.5 Å². The van der Waals surface area contributed by atoms with Crippen molar-refractivity contribution in [2.75, 3.05) is 19.4 Å². The molecule has 1 saturated carbocycles. The number of nitrogens with two attached hydrogens (primary N) is 1. The number of nitrogens with zero attached hydrogens (tertiary/aromatic N) is 3. The highest BCUT2D eigenvalue weighted by Crippen LogP contribution is 2.35. The molecule has 0 radical (unpaired) electrons. The lowest BCUT2D eigenvalue weighted by molar-refractivity contribution is 0.230. The fourth-order valence-corrected chi connectivity index (χ4v) is 2.74. The summed E-state index contributed by atoms with van der Waals surface area (Å²) >= 11 is 0. The molecule has 2 amide bonds. The number of carbonyl (C=O) groups is 1. The second-order valence-corrected chi connectivity index (χ2v) is 6.19. The maximum atomic E-state index is 11.7. The van der Waals surface area contributed by atoms with E-state index < -0.39 is 5.54 Å². The van der Waals surface area contributed by atoms with Gasteiger partial charge in [0.05, 0.1) is 5.54 Å². The van der Waals surface area contributed by atoms with Crippen LogP contribution in [0.3, 0.4) is 0 Å². The largest absolute Gasteiger partial charge is 0.334 e. The standard InChI is InChI=1S/C16H21N5O2.ClH/c1-21(2)15(22)18-12-7-5-6-11(10-12)13-19-14(20-23-13)16(17)8-3-4-9-16;/h5-7,10H,3-4,8-9,17H2,1-2H3,(H,18,22);1H. The molecule has 3 N–H and O–H groups in total. The number of hydrogen-bond acceptors (Lipinski definition) is 5. The van der Waals surface area contributed by atoms with Gasteiger partial charge < -0.3 is 20.5 Å². The smallest absolute Gasteiger partial charge is 0.321 e. The van der Waals surface area contributed by atoms with Crippen molar-refractivity contribution in [2.45, 2.75) is 31.2 Å². The maximum absolute atomic E-state index is 11.7. The van der Waals surface area contributed by atoms with E-state index in [0.29, 0.717) is 17.4 Å². The first-order valence-corrected chi connectivity index (χ1v) is 7.70. The fourth-order valence-electron chi connectivity index (χ4n) is 2.74. The zero-order chi connectivity index (χ0) is 16.4. The van der Waals surface area contributed by atoms with Crippen molar-refractivity contribution in [2.24, 2.45) is 5.73 Å². The quantitative estimate of drug-likeness (QED) is 0.885. The summed E-state index contributed by atoms with van der Waals surface area (Å²) in [5.41, 5.74) is 7.30. The number of hydrogen-bond donors (Lipinski definition) is 2. The minimum Gasteiger partial charge on any atom is -0.334 e. The number of amides is 2. The normalized spacial score (nSPS) is 15.6. The van der Waals surface area contributed by atoms with E-state index in [1.54, 1.807) is 20.2 Å². The average molecular weight is 352 g/mol. The minimum atomic E-state index is -0.474. The third-order valence-electron chi connectivity index (χ3n) is 4.13. The van der Waals surface area contributed by atoms with Crippen molar-refractivity contribution in [1.29, 1.82) is 0 Å². The van der Waals surface area contributed by atoms with E-state index in [-0.39, 0.29) is 18.4 Å². The van der Waals surface area contributed by atoms with Gasteiger partial charge >= 0.3 is 6.03 Å². The molecule has 1 aromatic carbocycles. The molecule has 0 saturated heterocycles. The van der Waals surface area contributed by atoms with Gasteiger partial charge in [0.2, 0.25) is 0 Å². The molecular weight excluding hydrogens is 330 g/mol. The van der Waals surface area contributed by atoms with Gasteiger partial charge in [0.15, 0.2) is 5.82 Å². The Morgan fingerprint density at radius 3 is 2.71 bits per heavy atom. The van der Waals surface area contributed by atoms with Crippen LogP contribution in [0.25, 0.3) is 11.5 Å². The van der Waals surface area contributed by atoms with Crippen LogP contribution < -0.4 is 11.1 Å². The van der Waals surface area contributed by atoms with E-state index in [0.717, 1.165) is 31.2 Å². The number of nitrogens with one attached hydrogen (secondary N) is 1. The van der Waals surface area contributed by atoms with Gasteiger partial charge in [-0.15, -0.1) is 12.4 Å². The molecule has 2 aromatic rings. The summed E-state index contributed by atoms with van der Waals surface area (Å²) in [7, 11) is 3.37. The third kappa shape index (κ3) is 3.68. The van der Waals surface area contributed by atoms with Crippen LogP contribution in [0.2, 0.25) is 0 Å². The van der Waals surface area contributed by atoms with Crippen molar-refractivity contribution in [3.63, 3.8) is 0 Å². The van der Waals surface area contributed by atoms with E-state index in [4.69, 9.17) is 10.3 Å². The van der Waals surface area contributed by atoms with E-state index in [2.05, 4.69) is 15.5 Å². The lowest BCUT2D eigenvalue weighted by Crippen LogP contribution is -2.34. The summed E-state index contributed by atoms with van der Waals surface area (Å²) < 4.78 is 5.37. The average Bonchev–Trinajstić information content (AvgIpc) is 3.17. The third-order valence-corrected chi connectivity index (χ3v) is 4.13. The number of benzene rings is 1. The summed E-state index contributed by atoms with van der Waals surface area (Å²) in [5, 5.41) is 6.85. The highest BCUT2D eigenvalue weighted by Gasteiger charge is 2.36. The van der Waals surface area contributed by atoms with E-state index in [1.807, 2.05) is 18.2 Å². The predicted octanol–water partition coefficient (Wildman–Crippen LogP) is 2.98. The van der Waals surface area contributed by atoms with Crippen LogP contribution in [0.4, 0.5) is 10.5 Å². The zero-order valence-corrected chi connectivity index (χ0v) is 14.6. The van der Waals surface area contributed by atoms with Gasteiger partial charge in [-0.2, -0.15) is 4.98 Å². The number of halogens is 1. The molecule has 24 heavy (non-hydrogen) atoms. The molecule has 0 unspecified atom stereocenters. The number of urea groups is 1. The summed E-state index contributed by atoms with van der Waals surface area (Å²) in [4.78, 5) is 17.7. The van der Waals surface area contributed by atoms with Crippen LogP contribution in [0, 0.1) is 0 Å². The van der Waals surface area contributed by atoms with Crippen molar-refractivity contribution in [1.82, 2.24) is 15.0 Å². The predicted molar refractivity (Wildman–Crippen MR) is 94.0 cm³/mol. The number of aromatic nitrogens is 2. The second-order valence-electron chi connectivity index (χ2n) is 6.19. The van der Waals surface area contributed by atoms with Gasteiger partial charge in [0.25, 0.3) is 5.89 Å². The first-order valence-electron chi connectivity index (χ1n) is 7.70. The molecule has 0 bridgehead atoms. The molecule has 0 spiro atoms. The molecule has 1 aliphatic rings. The Morgan fingerprint density at radius 1 is 1.33 bits per heavy atom. The van der Waals surface area contributed by atoms with Gasteiger partial charge in [-0.05, 0) is 31.0 Å². The van der Waals surface area contributed by atoms with Crippen molar-refractivity contribution < 1.29 is 9.32 Å². The summed E-state index contributed by atoms with van der Waals surface area (Å²) in [6.07, 6.45) is 3.94. The molecular formula is C16H22ClN5O2. The van der Waals surface area contributed by atoms with Crippen molar-refractivity contribution >= 4 is 24.1 Å². The molecule has 0 aliphatic heterocycles. The van der Waals surface area contributed by atoms with Crippen LogP contribution >= 0.6 is 12.4 Å². The Morgan fingerprint density at radius 2 is 2.04 bits per heavy atom. The number of carbonyl (C=O) groups excluding carboxylic acids is 1. The molecule has 7 nitrogen and oxygen atoms in total. The summed E-state index contributed by atoms with van der Waals surface area (Å²) in [6.45, 7) is 0. The Hall–Kier alpha value is -2.12. The first kappa shape index (κ1) is 18.2. The Labute approximate surface area is 147 Å². The fraction of sp³-hybridized carbons (Fsp3) is 0.438. The maximum Gasteiger partial charge on any atom is 0.321 e. The Bertz CT molecular complexity index is 710. The number of rotatable bonds is 3. The van der Waals surface area contributed by atoms with Crippen LogP contribution in [0.5, 0.6) is 0 Å². The first-order chi connectivity index (χ1) is 11.0. The molecule has 1 fully saturated rings. The molecule has 130 valence electrons. The van der Waals surface area contributed by atoms with Gasteiger partial charge in [0, 0.05) is 25.3 Å². The second kappa shape index (κ2) is 7.19. The zero-order valence-electron chi connectivity index (χ0n) is 13.8.